The number of Topliss-reactive ketones (excluding diaryl/α,β-unsaturated/α-hetero) is 3. The molecular weight excluding hydrogens is 468 g/mol. The molecule has 34 heavy (non-hydrogen) atoms. The van der Waals surface area contributed by atoms with Gasteiger partial charge in [0.25, 0.3) is 5.01 Å². The van der Waals surface area contributed by atoms with Gasteiger partial charge in [-0.15, -0.1) is 0 Å². The smallest absolute Gasteiger partial charge is 0.267 e. The van der Waals surface area contributed by atoms with E-state index in [2.05, 4.69) is 0 Å². The lowest BCUT2D eigenvalue weighted by Gasteiger charge is -2.32. The molecule has 0 fully saturated rings. The number of rotatable bonds is 1. The molecule has 7 rings (SSSR count). The van der Waals surface area contributed by atoms with E-state index in [-0.39, 0.29) is 60.2 Å². The lowest BCUT2D eigenvalue weighted by Crippen LogP contribution is -2.44. The summed E-state index contributed by atoms with van der Waals surface area (Å²) in [5.74, 6) is -0.395. The Morgan fingerprint density at radius 2 is 1.65 bits per heavy atom. The van der Waals surface area contributed by atoms with Crippen molar-refractivity contribution >= 4 is 61.9 Å². The van der Waals surface area contributed by atoms with Gasteiger partial charge in [0.2, 0.25) is 23.6 Å². The first-order valence-corrected chi connectivity index (χ1v) is 12.6. The molecule has 4 aliphatic rings. The van der Waals surface area contributed by atoms with E-state index in [1.165, 1.54) is 23.1 Å². The Morgan fingerprint density at radius 3 is 2.50 bits per heavy atom. The molecule has 1 N–H and O–H groups in total. The van der Waals surface area contributed by atoms with Gasteiger partial charge in [-0.25, -0.2) is 0 Å². The lowest BCUT2D eigenvalue weighted by atomic mass is 9.77. The van der Waals surface area contributed by atoms with Crippen molar-refractivity contribution in [3.63, 3.8) is 0 Å². The fraction of sp³-hybridized carbons (Fsp3) is 0.154. The van der Waals surface area contributed by atoms with Crippen LogP contribution in [0.25, 0.3) is 15.8 Å². The van der Waals surface area contributed by atoms with E-state index in [4.69, 9.17) is 0 Å². The molecule has 2 aromatic carbocycles. The summed E-state index contributed by atoms with van der Waals surface area (Å²) in [6, 6.07) is 15.6. The lowest BCUT2D eigenvalue weighted by molar-refractivity contribution is -0.658. The van der Waals surface area contributed by atoms with Crippen molar-refractivity contribution in [2.24, 2.45) is 0 Å². The van der Waals surface area contributed by atoms with Gasteiger partial charge in [0.1, 0.15) is 10.5 Å². The Kier molecular flexibility index (Phi) is 4.11. The Hall–Kier alpha value is -3.49. The van der Waals surface area contributed by atoms with Crippen LogP contribution in [0.2, 0.25) is 0 Å². The zero-order chi connectivity index (χ0) is 23.1. The van der Waals surface area contributed by atoms with Crippen molar-refractivity contribution in [3.05, 3.63) is 81.0 Å². The van der Waals surface area contributed by atoms with Gasteiger partial charge in [0.05, 0.1) is 34.0 Å². The number of thioether (sulfide) groups is 1. The predicted molar refractivity (Wildman–Crippen MR) is 130 cm³/mol. The summed E-state index contributed by atoms with van der Waals surface area (Å²) in [4.78, 5) is 41.7. The average Bonchev–Trinajstić information content (AvgIpc) is 3.38. The normalized spacial score (nSPS) is 21.8. The third-order valence-corrected chi connectivity index (χ3v) is 9.13. The molecule has 0 amide bonds. The minimum Gasteiger partial charge on any atom is -0.506 e. The second-order valence-electron chi connectivity index (χ2n) is 8.74. The summed E-state index contributed by atoms with van der Waals surface area (Å²) in [5.41, 5.74) is 3.47. The SMILES string of the molecule is O=C1CC(C2=C(O)/C(=C3/CC(=O)C[n+]4c3sc3ccccc34)C2=O)=C2Sc3ccccc3N2C1. The highest BCUT2D eigenvalue weighted by Gasteiger charge is 2.46. The third-order valence-electron chi connectivity index (χ3n) is 6.68. The number of aromatic nitrogens is 1. The van der Waals surface area contributed by atoms with E-state index in [1.54, 1.807) is 0 Å². The number of anilines is 1. The number of carbonyl (C=O) groups excluding carboxylic acids is 3. The molecule has 8 heteroatoms. The first kappa shape index (κ1) is 19.9. The molecule has 0 atom stereocenters. The fourth-order valence-corrected chi connectivity index (χ4v) is 7.61. The Morgan fingerprint density at radius 1 is 0.882 bits per heavy atom. The molecule has 6 nitrogen and oxygen atoms in total. The van der Waals surface area contributed by atoms with E-state index in [1.807, 2.05) is 58.0 Å². The van der Waals surface area contributed by atoms with E-state index in [0.29, 0.717) is 11.1 Å². The highest BCUT2D eigenvalue weighted by atomic mass is 32.2. The number of benzene rings is 2. The van der Waals surface area contributed by atoms with Crippen LogP contribution in [0.4, 0.5) is 5.69 Å². The van der Waals surface area contributed by atoms with Crippen molar-refractivity contribution in [1.82, 2.24) is 0 Å². The number of thiazole rings is 1. The summed E-state index contributed by atoms with van der Waals surface area (Å²) in [7, 11) is 0. The first-order chi connectivity index (χ1) is 16.5. The highest BCUT2D eigenvalue weighted by molar-refractivity contribution is 8.03. The maximum Gasteiger partial charge on any atom is 0.267 e. The van der Waals surface area contributed by atoms with Crippen LogP contribution < -0.4 is 9.47 Å². The van der Waals surface area contributed by atoms with Gasteiger partial charge in [0, 0.05) is 29.4 Å². The zero-order valence-electron chi connectivity index (χ0n) is 17.8. The van der Waals surface area contributed by atoms with Crippen LogP contribution in [0.3, 0.4) is 0 Å². The summed E-state index contributed by atoms with van der Waals surface area (Å²) >= 11 is 3.05. The van der Waals surface area contributed by atoms with Crippen molar-refractivity contribution in [2.45, 2.75) is 24.3 Å². The molecule has 3 aromatic rings. The molecular formula is C26H17N2O4S2+. The molecule has 1 aliphatic carbocycles. The minimum atomic E-state index is -0.292. The Balaban J connectivity index is 1.40. The zero-order valence-corrected chi connectivity index (χ0v) is 19.5. The Bertz CT molecular complexity index is 1610. The molecule has 0 bridgehead atoms. The topological polar surface area (TPSA) is 78.6 Å². The summed E-state index contributed by atoms with van der Waals surface area (Å²) in [6.45, 7) is 0.518. The van der Waals surface area contributed by atoms with Gasteiger partial charge in [-0.2, -0.15) is 4.57 Å². The molecule has 0 radical (unpaired) electrons. The largest absolute Gasteiger partial charge is 0.506 e. The number of para-hydroxylation sites is 2. The molecule has 166 valence electrons. The van der Waals surface area contributed by atoms with E-state index in [9.17, 15) is 19.5 Å². The average molecular weight is 486 g/mol. The monoisotopic (exact) mass is 485 g/mol. The minimum absolute atomic E-state index is 0.000415. The number of hydrogen-bond acceptors (Lipinski definition) is 7. The number of carbonyl (C=O) groups is 3. The van der Waals surface area contributed by atoms with E-state index < -0.39 is 0 Å². The number of ketones is 3. The molecule has 0 unspecified atom stereocenters. The quantitative estimate of drug-likeness (QED) is 0.413. The first-order valence-electron chi connectivity index (χ1n) is 11.0. The van der Waals surface area contributed by atoms with Crippen molar-refractivity contribution < 1.29 is 24.1 Å². The van der Waals surface area contributed by atoms with Gasteiger partial charge < -0.3 is 10.0 Å². The standard InChI is InChI=1S/C26H16N2O4S2/c29-13-9-15(25-27(11-13)17-5-1-3-7-19(17)33-25)21-23(31)22(24(21)32)16-10-14(30)12-28-18-6-2-4-8-20(18)34-26(16)28/h1-8H,9-12H2/p+1. The van der Waals surface area contributed by atoms with E-state index >= 15 is 0 Å². The molecule has 0 saturated heterocycles. The number of nitrogens with zero attached hydrogens (tertiary/aromatic N) is 2. The molecule has 0 spiro atoms. The van der Waals surface area contributed by atoms with E-state index in [0.717, 1.165) is 30.8 Å². The summed E-state index contributed by atoms with van der Waals surface area (Å²) < 4.78 is 2.96. The van der Waals surface area contributed by atoms with Gasteiger partial charge in [-0.1, -0.05) is 47.4 Å². The molecule has 0 saturated carbocycles. The molecule has 3 aliphatic heterocycles. The van der Waals surface area contributed by atoms with Crippen LogP contribution in [0.1, 0.15) is 17.8 Å². The summed E-state index contributed by atoms with van der Waals surface area (Å²) in [6.07, 6.45) is 0.227. The highest BCUT2D eigenvalue weighted by Crippen LogP contribution is 2.52. The van der Waals surface area contributed by atoms with Crippen LogP contribution in [-0.4, -0.2) is 29.0 Å². The van der Waals surface area contributed by atoms with Gasteiger partial charge in [-0.05, 0) is 18.2 Å². The molecule has 4 heterocycles. The van der Waals surface area contributed by atoms with Crippen LogP contribution in [0.15, 0.2) is 80.9 Å². The van der Waals surface area contributed by atoms with Crippen molar-refractivity contribution in [3.8, 4) is 0 Å². The third kappa shape index (κ3) is 2.63. The number of aliphatic hydroxyl groups is 1. The van der Waals surface area contributed by atoms with Crippen LogP contribution in [0, 0.1) is 0 Å². The summed E-state index contributed by atoms with van der Waals surface area (Å²) in [5, 5.41) is 12.8. The van der Waals surface area contributed by atoms with Crippen LogP contribution in [0.5, 0.6) is 0 Å². The number of hydrogen-bond donors (Lipinski definition) is 1. The number of aliphatic hydroxyl groups excluding tert-OH is 1. The van der Waals surface area contributed by atoms with Crippen LogP contribution >= 0.6 is 23.1 Å². The predicted octanol–water partition coefficient (Wildman–Crippen LogP) is 4.11. The number of fused-ring (bicyclic) bond motifs is 6. The maximum absolute atomic E-state index is 13.5. The van der Waals surface area contributed by atoms with Crippen molar-refractivity contribution in [1.29, 1.82) is 0 Å². The van der Waals surface area contributed by atoms with Crippen LogP contribution in [-0.2, 0) is 20.9 Å². The van der Waals surface area contributed by atoms with Gasteiger partial charge in [-0.3, -0.25) is 14.4 Å². The maximum atomic E-state index is 13.5. The van der Waals surface area contributed by atoms with Gasteiger partial charge >= 0.3 is 0 Å². The second-order valence-corrected chi connectivity index (χ2v) is 10.8. The number of allylic oxidation sites excluding steroid dienone is 4. The van der Waals surface area contributed by atoms with Gasteiger partial charge in [0.15, 0.2) is 5.78 Å². The Labute approximate surface area is 202 Å². The second kappa shape index (κ2) is 7.01. The fourth-order valence-electron chi connectivity index (χ4n) is 5.20. The molecule has 1 aromatic heterocycles. The van der Waals surface area contributed by atoms with Crippen molar-refractivity contribution in [2.75, 3.05) is 11.4 Å².